The van der Waals surface area contributed by atoms with Gasteiger partial charge < -0.3 is 10.2 Å². The van der Waals surface area contributed by atoms with Crippen molar-refractivity contribution >= 4 is 51.2 Å². The van der Waals surface area contributed by atoms with E-state index in [9.17, 15) is 0 Å². The number of benzene rings is 3. The van der Waals surface area contributed by atoms with Crippen molar-refractivity contribution in [3.8, 4) is 0 Å². The predicted octanol–water partition coefficient (Wildman–Crippen LogP) is 6.28. The molecule has 0 fully saturated rings. The van der Waals surface area contributed by atoms with Crippen LogP contribution in [0, 0.1) is 0 Å². The quantitative estimate of drug-likeness (QED) is 0.232. The molecule has 3 aromatic carbocycles. The zero-order chi connectivity index (χ0) is 22.3. The van der Waals surface area contributed by atoms with E-state index in [-0.39, 0.29) is 0 Å². The Bertz CT molecular complexity index is 1150. The van der Waals surface area contributed by atoms with Gasteiger partial charge in [0.1, 0.15) is 7.05 Å². The van der Waals surface area contributed by atoms with Crippen molar-refractivity contribution in [3.05, 3.63) is 96.2 Å². The molecule has 1 N–H and O–H groups in total. The highest BCUT2D eigenvalue weighted by Crippen LogP contribution is 2.25. The van der Waals surface area contributed by atoms with Gasteiger partial charge in [0.15, 0.2) is 6.20 Å². The lowest BCUT2D eigenvalue weighted by Crippen LogP contribution is -2.28. The van der Waals surface area contributed by atoms with Gasteiger partial charge in [0, 0.05) is 48.4 Å². The molecule has 0 radical (unpaired) electrons. The van der Waals surface area contributed by atoms with Gasteiger partial charge in [-0.05, 0) is 47.9 Å². The number of nitrogens with zero attached hydrogens (tertiary/aromatic N) is 2. The molecule has 164 valence electrons. The number of rotatable bonds is 9. The van der Waals surface area contributed by atoms with E-state index < -0.39 is 0 Å². The maximum Gasteiger partial charge on any atom is 0.214 e. The molecule has 0 bridgehead atoms. The third kappa shape index (κ3) is 5.35. The summed E-state index contributed by atoms with van der Waals surface area (Å²) in [5.74, 6) is 1.19. The topological polar surface area (TPSA) is 19.1 Å². The number of para-hydroxylation sites is 1. The van der Waals surface area contributed by atoms with E-state index in [1.54, 1.807) is 0 Å². The number of aromatic nitrogens is 1. The lowest BCUT2D eigenvalue weighted by Gasteiger charge is -2.23. The number of aryl methyl sites for hydroxylation is 1. The molecule has 4 aromatic rings. The van der Waals surface area contributed by atoms with Gasteiger partial charge in [-0.25, -0.2) is 4.57 Å². The summed E-state index contributed by atoms with van der Waals surface area (Å²) in [6, 6.07) is 27.9. The van der Waals surface area contributed by atoms with Gasteiger partial charge in [-0.3, -0.25) is 0 Å². The lowest BCUT2D eigenvalue weighted by atomic mass is 10.0. The highest BCUT2D eigenvalue weighted by atomic mass is 35.5. The summed E-state index contributed by atoms with van der Waals surface area (Å²) in [5.41, 5.74) is 7.13. The molecule has 0 spiro atoms. The summed E-state index contributed by atoms with van der Waals surface area (Å²) in [6.07, 6.45) is 2.99. The molecule has 0 aliphatic rings. The standard InChI is InChI=1S/C27H27Cl2N3/c1-31-17-14-26(25-4-2-3-5-27(25)31)30-23-10-6-21(7-11-23)20-22-8-12-24(13-9-22)32(18-15-28)19-16-29/h2-14,17H,15-16,18-20H2,1H3/p+1. The molecule has 0 unspecified atom stereocenters. The van der Waals surface area contributed by atoms with E-state index in [2.05, 4.69) is 107 Å². The number of alkyl halides is 2. The number of hydrogen-bond donors (Lipinski definition) is 1. The van der Waals surface area contributed by atoms with Gasteiger partial charge in [-0.2, -0.15) is 0 Å². The number of anilines is 3. The number of fused-ring (bicyclic) bond motifs is 1. The van der Waals surface area contributed by atoms with E-state index in [1.807, 2.05) is 0 Å². The Morgan fingerprint density at radius 2 is 1.41 bits per heavy atom. The Morgan fingerprint density at radius 1 is 0.781 bits per heavy atom. The number of hydrogen-bond acceptors (Lipinski definition) is 2. The highest BCUT2D eigenvalue weighted by molar-refractivity contribution is 6.18. The van der Waals surface area contributed by atoms with Crippen molar-refractivity contribution in [1.82, 2.24) is 0 Å². The summed E-state index contributed by atoms with van der Waals surface area (Å²) in [5, 5.41) is 4.78. The monoisotopic (exact) mass is 464 g/mol. The number of pyridine rings is 1. The molecule has 0 saturated carbocycles. The smallest absolute Gasteiger partial charge is 0.214 e. The third-order valence-corrected chi connectivity index (χ3v) is 6.03. The zero-order valence-corrected chi connectivity index (χ0v) is 19.8. The van der Waals surface area contributed by atoms with Crippen molar-refractivity contribution in [2.75, 3.05) is 35.1 Å². The van der Waals surface area contributed by atoms with Crippen LogP contribution in [0.1, 0.15) is 11.1 Å². The SMILES string of the molecule is C[n+]1ccc(Nc2ccc(Cc3ccc(N(CCCl)CCCl)cc3)cc2)c2ccccc21. The van der Waals surface area contributed by atoms with E-state index in [1.165, 1.54) is 22.0 Å². The van der Waals surface area contributed by atoms with Crippen LogP contribution in [0.15, 0.2) is 85.1 Å². The fraction of sp³-hybridized carbons (Fsp3) is 0.222. The van der Waals surface area contributed by atoms with Gasteiger partial charge in [0.05, 0.1) is 11.1 Å². The zero-order valence-electron chi connectivity index (χ0n) is 18.3. The van der Waals surface area contributed by atoms with Crippen LogP contribution in [-0.2, 0) is 13.5 Å². The van der Waals surface area contributed by atoms with Crippen molar-refractivity contribution in [2.24, 2.45) is 7.05 Å². The predicted molar refractivity (Wildman–Crippen MR) is 138 cm³/mol. The molecule has 0 aliphatic carbocycles. The molecule has 0 saturated heterocycles. The first-order valence-electron chi connectivity index (χ1n) is 10.9. The van der Waals surface area contributed by atoms with Gasteiger partial charge >= 0.3 is 0 Å². The van der Waals surface area contributed by atoms with Crippen molar-refractivity contribution < 1.29 is 4.57 Å². The fourth-order valence-electron chi connectivity index (χ4n) is 3.97. The molecule has 1 heterocycles. The maximum absolute atomic E-state index is 5.93. The van der Waals surface area contributed by atoms with Crippen LogP contribution < -0.4 is 14.8 Å². The molecule has 0 aliphatic heterocycles. The minimum Gasteiger partial charge on any atom is -0.369 e. The number of nitrogens with one attached hydrogen (secondary N) is 1. The molecule has 1 aromatic heterocycles. The average Bonchev–Trinajstić information content (AvgIpc) is 2.83. The Hall–Kier alpha value is -2.75. The Labute approximate surface area is 200 Å². The van der Waals surface area contributed by atoms with Gasteiger partial charge in [-0.1, -0.05) is 36.4 Å². The summed E-state index contributed by atoms with van der Waals surface area (Å²) in [6.45, 7) is 1.61. The van der Waals surface area contributed by atoms with Gasteiger partial charge in [0.25, 0.3) is 0 Å². The van der Waals surface area contributed by atoms with Crippen LogP contribution in [0.4, 0.5) is 17.1 Å². The lowest BCUT2D eigenvalue weighted by molar-refractivity contribution is -0.644. The van der Waals surface area contributed by atoms with Crippen LogP contribution in [0.3, 0.4) is 0 Å². The molecule has 5 heteroatoms. The normalized spacial score (nSPS) is 11.0. The molecule has 0 atom stereocenters. The number of halogens is 2. The first-order valence-corrected chi connectivity index (χ1v) is 11.9. The molecule has 3 nitrogen and oxygen atoms in total. The second-order valence-corrected chi connectivity index (χ2v) is 8.64. The third-order valence-electron chi connectivity index (χ3n) is 5.69. The Morgan fingerprint density at radius 3 is 2.06 bits per heavy atom. The molecular weight excluding hydrogens is 437 g/mol. The fourth-order valence-corrected chi connectivity index (χ4v) is 4.38. The first kappa shape index (κ1) is 22.4. The first-order chi connectivity index (χ1) is 15.7. The van der Waals surface area contributed by atoms with E-state index >= 15 is 0 Å². The van der Waals surface area contributed by atoms with E-state index in [4.69, 9.17) is 23.2 Å². The van der Waals surface area contributed by atoms with Crippen LogP contribution in [-0.4, -0.2) is 24.8 Å². The molecular formula is C27H28Cl2N3+. The molecule has 0 amide bonds. The minimum atomic E-state index is 0.593. The van der Waals surface area contributed by atoms with Crippen molar-refractivity contribution in [2.45, 2.75) is 6.42 Å². The second-order valence-electron chi connectivity index (χ2n) is 7.89. The molecule has 32 heavy (non-hydrogen) atoms. The van der Waals surface area contributed by atoms with Crippen molar-refractivity contribution in [1.29, 1.82) is 0 Å². The maximum atomic E-state index is 5.93. The molecule has 4 rings (SSSR count). The second kappa shape index (κ2) is 10.7. The van der Waals surface area contributed by atoms with Crippen LogP contribution >= 0.6 is 23.2 Å². The van der Waals surface area contributed by atoms with E-state index in [0.717, 1.165) is 36.6 Å². The largest absolute Gasteiger partial charge is 0.369 e. The van der Waals surface area contributed by atoms with E-state index in [0.29, 0.717) is 11.8 Å². The van der Waals surface area contributed by atoms with Gasteiger partial charge in [0.2, 0.25) is 5.52 Å². The summed E-state index contributed by atoms with van der Waals surface area (Å²) < 4.78 is 2.14. The van der Waals surface area contributed by atoms with Gasteiger partial charge in [-0.15, -0.1) is 23.2 Å². The average molecular weight is 465 g/mol. The Balaban J connectivity index is 1.44. The van der Waals surface area contributed by atoms with Crippen molar-refractivity contribution in [3.63, 3.8) is 0 Å². The summed E-state index contributed by atoms with van der Waals surface area (Å²) in [4.78, 5) is 2.22. The van der Waals surface area contributed by atoms with Crippen LogP contribution in [0.5, 0.6) is 0 Å². The summed E-state index contributed by atoms with van der Waals surface area (Å²) >= 11 is 11.9. The Kier molecular flexibility index (Phi) is 7.51. The highest BCUT2D eigenvalue weighted by Gasteiger charge is 2.09. The summed E-state index contributed by atoms with van der Waals surface area (Å²) in [7, 11) is 2.07. The minimum absolute atomic E-state index is 0.593. The van der Waals surface area contributed by atoms with Crippen LogP contribution in [0.25, 0.3) is 10.9 Å². The van der Waals surface area contributed by atoms with Crippen LogP contribution in [0.2, 0.25) is 0 Å².